The van der Waals surface area contributed by atoms with Crippen LogP contribution in [0.3, 0.4) is 0 Å². The first-order valence-electron chi connectivity index (χ1n) is 10.9. The van der Waals surface area contributed by atoms with Crippen LogP contribution >= 0.6 is 0 Å². The average Bonchev–Trinajstić information content (AvgIpc) is 3.10. The maximum absolute atomic E-state index is 2.54. The lowest BCUT2D eigenvalue weighted by molar-refractivity contribution is 1.31. The van der Waals surface area contributed by atoms with Gasteiger partial charge in [-0.25, -0.2) is 0 Å². The minimum atomic E-state index is 0.0424. The first kappa shape index (κ1) is 19.5. The van der Waals surface area contributed by atoms with Crippen LogP contribution in [0.25, 0.3) is 0 Å². The van der Waals surface area contributed by atoms with E-state index < -0.39 is 0 Å². The van der Waals surface area contributed by atoms with Crippen LogP contribution in [0.4, 0.5) is 22.7 Å². The van der Waals surface area contributed by atoms with Crippen LogP contribution in [0, 0.1) is 27.7 Å². The van der Waals surface area contributed by atoms with Crippen molar-refractivity contribution < 1.29 is 0 Å². The van der Waals surface area contributed by atoms with Gasteiger partial charge in [0.1, 0.15) is 0 Å². The Morgan fingerprint density at radius 2 is 1.03 bits per heavy atom. The molecule has 31 heavy (non-hydrogen) atoms. The summed E-state index contributed by atoms with van der Waals surface area (Å²) in [4.78, 5) is 5.05. The molecule has 1 aliphatic rings. The van der Waals surface area contributed by atoms with Gasteiger partial charge in [-0.1, -0.05) is 77.9 Å². The van der Waals surface area contributed by atoms with Gasteiger partial charge in [0.05, 0.1) is 11.4 Å². The van der Waals surface area contributed by atoms with E-state index in [-0.39, 0.29) is 6.98 Å². The molecule has 0 atom stereocenters. The Labute approximate surface area is 185 Å². The molecule has 0 amide bonds. The summed E-state index contributed by atoms with van der Waals surface area (Å²) in [6.07, 6.45) is 0. The van der Waals surface area contributed by atoms with Crippen molar-refractivity contribution in [1.29, 1.82) is 0 Å². The van der Waals surface area contributed by atoms with Gasteiger partial charge >= 0.3 is 6.98 Å². The van der Waals surface area contributed by atoms with Gasteiger partial charge in [-0.05, 0) is 68.6 Å². The fraction of sp³-hybridized carbons (Fsp3) is 0.143. The van der Waals surface area contributed by atoms with E-state index in [0.29, 0.717) is 0 Å². The molecule has 0 N–H and O–H groups in total. The van der Waals surface area contributed by atoms with Gasteiger partial charge in [0.15, 0.2) is 0 Å². The van der Waals surface area contributed by atoms with Crippen molar-refractivity contribution in [3.63, 3.8) is 0 Å². The zero-order chi connectivity index (χ0) is 21.5. The largest absolute Gasteiger partial charge is 0.421 e. The third kappa shape index (κ3) is 3.12. The average molecular weight is 402 g/mol. The Balaban J connectivity index is 1.87. The fourth-order valence-corrected chi connectivity index (χ4v) is 4.97. The van der Waals surface area contributed by atoms with Crippen molar-refractivity contribution in [3.8, 4) is 0 Å². The van der Waals surface area contributed by atoms with E-state index >= 15 is 0 Å². The van der Waals surface area contributed by atoms with Crippen LogP contribution in [0.5, 0.6) is 0 Å². The van der Waals surface area contributed by atoms with Crippen LogP contribution in [-0.2, 0) is 0 Å². The molecule has 0 spiro atoms. The lowest BCUT2D eigenvalue weighted by Gasteiger charge is -2.33. The van der Waals surface area contributed by atoms with Gasteiger partial charge < -0.3 is 9.62 Å². The van der Waals surface area contributed by atoms with Crippen LogP contribution in [-0.4, -0.2) is 6.98 Å². The predicted octanol–water partition coefficient (Wildman–Crippen LogP) is 6.61. The van der Waals surface area contributed by atoms with Gasteiger partial charge in [-0.2, -0.15) is 0 Å². The molecular formula is C28H27BN2. The number of para-hydroxylation sites is 3. The van der Waals surface area contributed by atoms with Crippen molar-refractivity contribution >= 4 is 35.2 Å². The summed E-state index contributed by atoms with van der Waals surface area (Å²) in [7, 11) is 0. The molecule has 3 heteroatoms. The number of nitrogens with zero attached hydrogens (tertiary/aromatic N) is 2. The number of hydrogen-bond donors (Lipinski definition) is 0. The molecule has 4 aromatic carbocycles. The Morgan fingerprint density at radius 3 is 1.74 bits per heavy atom. The van der Waals surface area contributed by atoms with Crippen LogP contribution in [0.2, 0.25) is 0 Å². The van der Waals surface area contributed by atoms with Crippen molar-refractivity contribution in [2.24, 2.45) is 0 Å². The zero-order valence-electron chi connectivity index (χ0n) is 18.6. The highest BCUT2D eigenvalue weighted by molar-refractivity contribution is 6.85. The number of rotatable bonds is 3. The second kappa shape index (κ2) is 7.66. The Morgan fingerprint density at radius 1 is 0.484 bits per heavy atom. The molecule has 0 radical (unpaired) electrons. The highest BCUT2D eigenvalue weighted by Gasteiger charge is 2.45. The molecule has 0 saturated heterocycles. The molecule has 0 bridgehead atoms. The molecule has 5 rings (SSSR count). The van der Waals surface area contributed by atoms with E-state index in [9.17, 15) is 0 Å². The van der Waals surface area contributed by atoms with Crippen molar-refractivity contribution in [3.05, 3.63) is 113 Å². The Hall–Kier alpha value is -3.46. The molecule has 1 heterocycles. The van der Waals surface area contributed by atoms with E-state index in [2.05, 4.69) is 128 Å². The summed E-state index contributed by atoms with van der Waals surface area (Å²) in [5.74, 6) is 0. The first-order chi connectivity index (χ1) is 15.1. The third-order valence-electron chi connectivity index (χ3n) is 6.42. The van der Waals surface area contributed by atoms with Gasteiger partial charge in [-0.3, -0.25) is 0 Å². The number of fused-ring (bicyclic) bond motifs is 1. The maximum atomic E-state index is 2.54. The highest BCUT2D eigenvalue weighted by atomic mass is 15.3. The van der Waals surface area contributed by atoms with Gasteiger partial charge in [-0.15, -0.1) is 0 Å². The van der Waals surface area contributed by atoms with E-state index in [1.807, 2.05) is 0 Å². The molecule has 2 nitrogen and oxygen atoms in total. The maximum Gasteiger partial charge on any atom is 0.421 e. The topological polar surface area (TPSA) is 6.48 Å². The highest BCUT2D eigenvalue weighted by Crippen LogP contribution is 2.48. The van der Waals surface area contributed by atoms with Crippen LogP contribution in [0.1, 0.15) is 22.3 Å². The zero-order valence-corrected chi connectivity index (χ0v) is 18.6. The van der Waals surface area contributed by atoms with Crippen LogP contribution in [0.15, 0.2) is 91.0 Å². The minimum Gasteiger partial charge on any atom is -0.360 e. The Kier molecular flexibility index (Phi) is 4.82. The molecule has 0 aromatic heterocycles. The second-order valence-corrected chi connectivity index (χ2v) is 8.48. The summed E-state index contributed by atoms with van der Waals surface area (Å²) in [6.45, 7) is 8.94. The van der Waals surface area contributed by atoms with E-state index in [1.165, 1.54) is 50.5 Å². The molecule has 0 aliphatic carbocycles. The number of aryl methyl sites for hydroxylation is 4. The van der Waals surface area contributed by atoms with Gasteiger partial charge in [0.2, 0.25) is 0 Å². The van der Waals surface area contributed by atoms with Crippen molar-refractivity contribution in [2.45, 2.75) is 27.7 Å². The van der Waals surface area contributed by atoms with Crippen molar-refractivity contribution in [1.82, 2.24) is 0 Å². The SMILES string of the molecule is Cc1ccccc1N1B(c2c(C)cccc2C)N(c2ccccc2)c2cccc(C)c21. The number of anilines is 4. The summed E-state index contributed by atoms with van der Waals surface area (Å²) in [5.41, 5.74) is 11.6. The summed E-state index contributed by atoms with van der Waals surface area (Å²) in [5, 5.41) is 0. The van der Waals surface area contributed by atoms with E-state index in [0.717, 1.165) is 0 Å². The van der Waals surface area contributed by atoms with Gasteiger partial charge in [0, 0.05) is 11.4 Å². The summed E-state index contributed by atoms with van der Waals surface area (Å²) < 4.78 is 0. The predicted molar refractivity (Wildman–Crippen MR) is 134 cm³/mol. The minimum absolute atomic E-state index is 0.0424. The quantitative estimate of drug-likeness (QED) is 0.356. The smallest absolute Gasteiger partial charge is 0.360 e. The lowest BCUT2D eigenvalue weighted by Crippen LogP contribution is -2.55. The molecule has 4 aromatic rings. The number of hydrogen-bond acceptors (Lipinski definition) is 2. The van der Waals surface area contributed by atoms with Crippen LogP contribution < -0.4 is 15.1 Å². The van der Waals surface area contributed by atoms with E-state index in [4.69, 9.17) is 0 Å². The number of benzene rings is 4. The molecule has 0 unspecified atom stereocenters. The Bertz CT molecular complexity index is 1230. The molecule has 0 saturated carbocycles. The van der Waals surface area contributed by atoms with E-state index in [1.54, 1.807) is 0 Å². The summed E-state index contributed by atoms with van der Waals surface area (Å²) >= 11 is 0. The fourth-order valence-electron chi connectivity index (χ4n) is 4.97. The standard InChI is InChI=1S/C28H27BN2/c1-20-12-8-9-18-25(20)31-28-23(4)15-11-19-26(28)30(24-16-6-5-7-17-24)29(31)27-21(2)13-10-14-22(27)3/h5-19H,1-4H3. The molecule has 1 aliphatic heterocycles. The monoisotopic (exact) mass is 402 g/mol. The van der Waals surface area contributed by atoms with Gasteiger partial charge in [0.25, 0.3) is 0 Å². The molecule has 152 valence electrons. The molecular weight excluding hydrogens is 375 g/mol. The lowest BCUT2D eigenvalue weighted by atomic mass is 9.61. The second-order valence-electron chi connectivity index (χ2n) is 8.48. The third-order valence-corrected chi connectivity index (χ3v) is 6.42. The normalized spacial score (nSPS) is 13.0. The van der Waals surface area contributed by atoms with Crippen molar-refractivity contribution in [2.75, 3.05) is 9.62 Å². The molecule has 0 fully saturated rings. The summed E-state index contributed by atoms with van der Waals surface area (Å²) in [6, 6.07) is 32.8. The first-order valence-corrected chi connectivity index (χ1v) is 10.9.